The topological polar surface area (TPSA) is 80.4 Å². The van der Waals surface area contributed by atoms with Gasteiger partial charge in [0.05, 0.1) is 4.92 Å². The molecule has 0 saturated carbocycles. The van der Waals surface area contributed by atoms with Crippen molar-refractivity contribution >= 4 is 23.0 Å². The number of hydrogen-bond donors (Lipinski definition) is 1. The second kappa shape index (κ2) is 4.34. The van der Waals surface area contributed by atoms with Gasteiger partial charge in [-0.3, -0.25) is 10.1 Å². The number of rotatable bonds is 3. The first-order valence-electron chi connectivity index (χ1n) is 4.65. The summed E-state index contributed by atoms with van der Waals surface area (Å²) in [5.41, 5.74) is -0.0123. The van der Waals surface area contributed by atoms with Gasteiger partial charge in [-0.1, -0.05) is 6.07 Å². The number of aromatic carboxylic acids is 1. The minimum atomic E-state index is -1.30. The number of carbonyl (C=O) groups is 1. The standard InChI is InChI=1S/C11H7NO4S/c13-11(14)8-6-7(10-2-1-5-17-10)3-4-9(8)12(15)16/h1-6H,(H,13,14). The normalized spacial score (nSPS) is 10.1. The molecule has 1 heterocycles. The van der Waals surface area contributed by atoms with Gasteiger partial charge in [0.2, 0.25) is 0 Å². The Hall–Kier alpha value is -2.21. The van der Waals surface area contributed by atoms with E-state index in [1.54, 1.807) is 6.07 Å². The van der Waals surface area contributed by atoms with E-state index in [-0.39, 0.29) is 5.56 Å². The molecule has 0 aliphatic rings. The van der Waals surface area contributed by atoms with Gasteiger partial charge < -0.3 is 5.11 Å². The minimum Gasteiger partial charge on any atom is -0.477 e. The SMILES string of the molecule is O=C(O)c1cc(-c2cccs2)ccc1[N+](=O)[O-]. The van der Waals surface area contributed by atoms with Gasteiger partial charge in [-0.25, -0.2) is 4.79 Å². The Labute approximate surface area is 100 Å². The van der Waals surface area contributed by atoms with Gasteiger partial charge in [0.15, 0.2) is 0 Å². The van der Waals surface area contributed by atoms with Crippen LogP contribution in [0, 0.1) is 10.1 Å². The molecule has 0 bridgehead atoms. The Bertz CT molecular complexity index is 577. The van der Waals surface area contributed by atoms with E-state index in [9.17, 15) is 14.9 Å². The highest BCUT2D eigenvalue weighted by Crippen LogP contribution is 2.29. The van der Waals surface area contributed by atoms with Crippen LogP contribution in [-0.2, 0) is 0 Å². The lowest BCUT2D eigenvalue weighted by Crippen LogP contribution is -2.02. The van der Waals surface area contributed by atoms with Gasteiger partial charge in [-0.15, -0.1) is 11.3 Å². The molecule has 86 valence electrons. The van der Waals surface area contributed by atoms with E-state index in [1.807, 2.05) is 17.5 Å². The van der Waals surface area contributed by atoms with Crippen LogP contribution in [0.1, 0.15) is 10.4 Å². The van der Waals surface area contributed by atoms with Crippen molar-refractivity contribution in [3.63, 3.8) is 0 Å². The molecule has 0 aliphatic heterocycles. The fraction of sp³-hybridized carbons (Fsp3) is 0. The number of carboxylic acids is 1. The number of nitro benzene ring substituents is 1. The van der Waals surface area contributed by atoms with Crippen molar-refractivity contribution in [2.75, 3.05) is 0 Å². The molecule has 17 heavy (non-hydrogen) atoms. The molecule has 0 aliphatic carbocycles. The molecule has 0 spiro atoms. The largest absolute Gasteiger partial charge is 0.477 e. The molecule has 0 unspecified atom stereocenters. The summed E-state index contributed by atoms with van der Waals surface area (Å²) in [5, 5.41) is 21.5. The summed E-state index contributed by atoms with van der Waals surface area (Å²) in [6.07, 6.45) is 0. The predicted molar refractivity (Wildman–Crippen MR) is 63.4 cm³/mol. The molecule has 1 N–H and O–H groups in total. The molecule has 2 aromatic rings. The molecule has 2 rings (SSSR count). The molecule has 0 saturated heterocycles. The molecular weight excluding hydrogens is 242 g/mol. The zero-order valence-electron chi connectivity index (χ0n) is 8.49. The average molecular weight is 249 g/mol. The maximum Gasteiger partial charge on any atom is 0.342 e. The van der Waals surface area contributed by atoms with Crippen LogP contribution in [0.4, 0.5) is 5.69 Å². The summed E-state index contributed by atoms with van der Waals surface area (Å²) in [6.45, 7) is 0. The molecule has 1 aromatic heterocycles. The summed E-state index contributed by atoms with van der Waals surface area (Å²) in [6, 6.07) is 7.76. The van der Waals surface area contributed by atoms with E-state index < -0.39 is 16.6 Å². The third-order valence-corrected chi connectivity index (χ3v) is 3.15. The first-order chi connectivity index (χ1) is 8.09. The predicted octanol–water partition coefficient (Wildman–Crippen LogP) is 3.02. The zero-order valence-corrected chi connectivity index (χ0v) is 9.31. The maximum atomic E-state index is 10.9. The van der Waals surface area contributed by atoms with Gasteiger partial charge >= 0.3 is 5.97 Å². The highest BCUT2D eigenvalue weighted by molar-refractivity contribution is 7.13. The molecule has 0 fully saturated rings. The maximum absolute atomic E-state index is 10.9. The summed E-state index contributed by atoms with van der Waals surface area (Å²) < 4.78 is 0. The molecule has 0 amide bonds. The summed E-state index contributed by atoms with van der Waals surface area (Å²) in [7, 11) is 0. The van der Waals surface area contributed by atoms with Crippen LogP contribution in [0.5, 0.6) is 0 Å². The van der Waals surface area contributed by atoms with Crippen molar-refractivity contribution in [2.45, 2.75) is 0 Å². The molecule has 1 aromatic carbocycles. The van der Waals surface area contributed by atoms with Crippen LogP contribution in [0.15, 0.2) is 35.7 Å². The quantitative estimate of drug-likeness (QED) is 0.669. The molecule has 0 atom stereocenters. The van der Waals surface area contributed by atoms with Crippen LogP contribution >= 0.6 is 11.3 Å². The first-order valence-corrected chi connectivity index (χ1v) is 5.53. The van der Waals surface area contributed by atoms with Crippen molar-refractivity contribution in [1.82, 2.24) is 0 Å². The molecule has 6 heteroatoms. The summed E-state index contributed by atoms with van der Waals surface area (Å²) in [4.78, 5) is 21.8. The Kier molecular flexibility index (Phi) is 2.88. The Morgan fingerprint density at radius 3 is 2.65 bits per heavy atom. The highest BCUT2D eigenvalue weighted by atomic mass is 32.1. The molecule has 0 radical (unpaired) electrons. The van der Waals surface area contributed by atoms with Crippen molar-refractivity contribution in [3.8, 4) is 10.4 Å². The molecule has 5 nitrogen and oxygen atoms in total. The lowest BCUT2D eigenvalue weighted by atomic mass is 10.1. The monoisotopic (exact) mass is 249 g/mol. The number of benzene rings is 1. The van der Waals surface area contributed by atoms with Gasteiger partial charge in [0.1, 0.15) is 5.56 Å². The fourth-order valence-electron chi connectivity index (χ4n) is 1.46. The van der Waals surface area contributed by atoms with Crippen molar-refractivity contribution in [3.05, 3.63) is 51.4 Å². The van der Waals surface area contributed by atoms with Crippen LogP contribution in [0.3, 0.4) is 0 Å². The number of nitrogens with zero attached hydrogens (tertiary/aromatic N) is 1. The van der Waals surface area contributed by atoms with E-state index in [2.05, 4.69) is 0 Å². The highest BCUT2D eigenvalue weighted by Gasteiger charge is 2.20. The van der Waals surface area contributed by atoms with E-state index >= 15 is 0 Å². The smallest absolute Gasteiger partial charge is 0.342 e. The van der Waals surface area contributed by atoms with Crippen LogP contribution < -0.4 is 0 Å². The minimum absolute atomic E-state index is 0.291. The first kappa shape index (κ1) is 11.3. The lowest BCUT2D eigenvalue weighted by Gasteiger charge is -2.01. The molecular formula is C11H7NO4S. The number of thiophene rings is 1. The number of hydrogen-bond acceptors (Lipinski definition) is 4. The fourth-order valence-corrected chi connectivity index (χ4v) is 2.19. The van der Waals surface area contributed by atoms with E-state index in [0.29, 0.717) is 5.56 Å². The third-order valence-electron chi connectivity index (χ3n) is 2.23. The van der Waals surface area contributed by atoms with Crippen LogP contribution in [-0.4, -0.2) is 16.0 Å². The van der Waals surface area contributed by atoms with E-state index in [4.69, 9.17) is 5.11 Å². The van der Waals surface area contributed by atoms with E-state index in [0.717, 1.165) is 4.88 Å². The van der Waals surface area contributed by atoms with Crippen LogP contribution in [0.25, 0.3) is 10.4 Å². The Morgan fingerprint density at radius 2 is 2.12 bits per heavy atom. The lowest BCUT2D eigenvalue weighted by molar-refractivity contribution is -0.385. The average Bonchev–Trinajstić information content (AvgIpc) is 2.81. The third kappa shape index (κ3) is 2.16. The Balaban J connectivity index is 2.57. The summed E-state index contributed by atoms with van der Waals surface area (Å²) >= 11 is 1.45. The van der Waals surface area contributed by atoms with Crippen LogP contribution in [0.2, 0.25) is 0 Å². The number of carboxylic acid groups (broad SMARTS) is 1. The second-order valence-electron chi connectivity index (χ2n) is 3.27. The number of nitro groups is 1. The van der Waals surface area contributed by atoms with Gasteiger partial charge in [-0.05, 0) is 29.1 Å². The van der Waals surface area contributed by atoms with Crippen molar-refractivity contribution in [1.29, 1.82) is 0 Å². The van der Waals surface area contributed by atoms with E-state index in [1.165, 1.54) is 23.5 Å². The van der Waals surface area contributed by atoms with Crippen molar-refractivity contribution in [2.24, 2.45) is 0 Å². The van der Waals surface area contributed by atoms with Crippen molar-refractivity contribution < 1.29 is 14.8 Å². The van der Waals surface area contributed by atoms with Gasteiger partial charge in [0.25, 0.3) is 5.69 Å². The Morgan fingerprint density at radius 1 is 1.35 bits per heavy atom. The van der Waals surface area contributed by atoms with Gasteiger partial charge in [-0.2, -0.15) is 0 Å². The second-order valence-corrected chi connectivity index (χ2v) is 4.22. The van der Waals surface area contributed by atoms with Gasteiger partial charge in [0, 0.05) is 10.9 Å². The zero-order chi connectivity index (χ0) is 12.4. The summed E-state index contributed by atoms with van der Waals surface area (Å²) in [5.74, 6) is -1.30.